The summed E-state index contributed by atoms with van der Waals surface area (Å²) in [6.07, 6.45) is 0. The smallest absolute Gasteiger partial charge is 0.322 e. The summed E-state index contributed by atoms with van der Waals surface area (Å²) >= 11 is 0. The van der Waals surface area contributed by atoms with Crippen molar-refractivity contribution >= 4 is 17.6 Å². The molecule has 6 nitrogen and oxygen atoms in total. The number of ether oxygens (including phenoxy) is 1. The number of nitrogens with one attached hydrogen (secondary N) is 2. The molecule has 1 atom stereocenters. The van der Waals surface area contributed by atoms with E-state index in [0.29, 0.717) is 5.69 Å². The maximum Gasteiger partial charge on any atom is 0.322 e. The van der Waals surface area contributed by atoms with Crippen molar-refractivity contribution in [1.82, 2.24) is 4.90 Å². The molecule has 1 aromatic carbocycles. The van der Waals surface area contributed by atoms with E-state index in [4.69, 9.17) is 15.9 Å². The first-order valence-electron chi connectivity index (χ1n) is 5.47. The third-order valence-electron chi connectivity index (χ3n) is 2.69. The van der Waals surface area contributed by atoms with Crippen LogP contribution in [0.15, 0.2) is 24.3 Å². The second kappa shape index (κ2) is 5.90. The number of carbonyl (C=O) groups is 1. The van der Waals surface area contributed by atoms with E-state index in [1.807, 2.05) is 0 Å². The molecule has 2 amide bonds. The van der Waals surface area contributed by atoms with Crippen molar-refractivity contribution in [3.63, 3.8) is 0 Å². The Morgan fingerprint density at radius 1 is 1.44 bits per heavy atom. The number of carbonyl (C=O) groups excluding carboxylic acids is 1. The van der Waals surface area contributed by atoms with Crippen molar-refractivity contribution in [2.45, 2.75) is 13.0 Å². The van der Waals surface area contributed by atoms with E-state index >= 15 is 0 Å². The van der Waals surface area contributed by atoms with Crippen LogP contribution in [-0.4, -0.2) is 37.0 Å². The number of likely N-dealkylation sites (N-methyl/N-ethyl adjacent to an activating group) is 1. The molecule has 0 fully saturated rings. The van der Waals surface area contributed by atoms with Crippen LogP contribution in [0.25, 0.3) is 0 Å². The van der Waals surface area contributed by atoms with Gasteiger partial charge in [-0.05, 0) is 31.2 Å². The molecule has 0 saturated heterocycles. The summed E-state index contributed by atoms with van der Waals surface area (Å²) in [7, 11) is 3.17. The Kier molecular flexibility index (Phi) is 4.53. The highest BCUT2D eigenvalue weighted by molar-refractivity contribution is 5.93. The van der Waals surface area contributed by atoms with Gasteiger partial charge in [0, 0.05) is 12.7 Å². The summed E-state index contributed by atoms with van der Waals surface area (Å²) in [6.45, 7) is 1.69. The van der Waals surface area contributed by atoms with Gasteiger partial charge in [-0.25, -0.2) is 4.79 Å². The molecule has 0 radical (unpaired) electrons. The molecule has 0 bridgehead atoms. The lowest BCUT2D eigenvalue weighted by Crippen LogP contribution is -2.45. The third-order valence-corrected chi connectivity index (χ3v) is 2.69. The van der Waals surface area contributed by atoms with Crippen LogP contribution in [0.3, 0.4) is 0 Å². The standard InChI is InChI=1S/C12H18N4O2/c1-8(11(13)14)16(2)12(17)15-9-4-6-10(18-3)7-5-9/h4-8H,1-3H3,(H3,13,14)(H,15,17). The molecule has 0 aromatic heterocycles. The molecule has 98 valence electrons. The van der Waals surface area contributed by atoms with Crippen LogP contribution < -0.4 is 15.8 Å². The summed E-state index contributed by atoms with van der Waals surface area (Å²) in [4.78, 5) is 13.2. The van der Waals surface area contributed by atoms with E-state index in [2.05, 4.69) is 5.32 Å². The predicted molar refractivity (Wildman–Crippen MR) is 71.2 cm³/mol. The van der Waals surface area contributed by atoms with Crippen LogP contribution in [0.4, 0.5) is 10.5 Å². The first-order valence-corrected chi connectivity index (χ1v) is 5.47. The van der Waals surface area contributed by atoms with E-state index in [0.717, 1.165) is 5.75 Å². The average molecular weight is 250 g/mol. The Balaban J connectivity index is 2.66. The van der Waals surface area contributed by atoms with Crippen LogP contribution in [0.2, 0.25) is 0 Å². The van der Waals surface area contributed by atoms with Crippen molar-refractivity contribution in [1.29, 1.82) is 5.41 Å². The van der Waals surface area contributed by atoms with Gasteiger partial charge >= 0.3 is 6.03 Å². The zero-order valence-corrected chi connectivity index (χ0v) is 10.7. The van der Waals surface area contributed by atoms with Gasteiger partial charge in [0.25, 0.3) is 0 Å². The van der Waals surface area contributed by atoms with Gasteiger partial charge in [-0.15, -0.1) is 0 Å². The predicted octanol–water partition coefficient (Wildman–Crippen LogP) is 1.48. The number of amidine groups is 1. The highest BCUT2D eigenvalue weighted by atomic mass is 16.5. The summed E-state index contributed by atoms with van der Waals surface area (Å²) in [6, 6.07) is 6.23. The van der Waals surface area contributed by atoms with Crippen LogP contribution in [-0.2, 0) is 0 Å². The lowest BCUT2D eigenvalue weighted by atomic mass is 10.3. The second-order valence-electron chi connectivity index (χ2n) is 3.90. The summed E-state index contributed by atoms with van der Waals surface area (Å²) < 4.78 is 5.02. The minimum Gasteiger partial charge on any atom is -0.497 e. The summed E-state index contributed by atoms with van der Waals surface area (Å²) in [5.74, 6) is 0.667. The quantitative estimate of drug-likeness (QED) is 0.558. The third kappa shape index (κ3) is 3.38. The Morgan fingerprint density at radius 2 is 2.00 bits per heavy atom. The van der Waals surface area contributed by atoms with E-state index in [-0.39, 0.29) is 11.9 Å². The van der Waals surface area contributed by atoms with Crippen molar-refractivity contribution in [3.05, 3.63) is 24.3 Å². The summed E-state index contributed by atoms with van der Waals surface area (Å²) in [5, 5.41) is 10.0. The normalized spacial score (nSPS) is 11.5. The van der Waals surface area contributed by atoms with E-state index < -0.39 is 6.04 Å². The number of amides is 2. The number of hydrogen-bond donors (Lipinski definition) is 3. The Morgan fingerprint density at radius 3 is 2.44 bits per heavy atom. The van der Waals surface area contributed by atoms with Crippen LogP contribution >= 0.6 is 0 Å². The lowest BCUT2D eigenvalue weighted by Gasteiger charge is -2.24. The molecule has 6 heteroatoms. The molecule has 0 aliphatic heterocycles. The number of benzene rings is 1. The van der Waals surface area contributed by atoms with E-state index in [1.54, 1.807) is 45.3 Å². The monoisotopic (exact) mass is 250 g/mol. The minimum atomic E-state index is -0.441. The zero-order chi connectivity index (χ0) is 13.7. The molecule has 0 aliphatic carbocycles. The van der Waals surface area contributed by atoms with Crippen molar-refractivity contribution in [3.8, 4) is 5.75 Å². The number of rotatable bonds is 4. The lowest BCUT2D eigenvalue weighted by molar-refractivity contribution is 0.218. The van der Waals surface area contributed by atoms with Crippen molar-refractivity contribution < 1.29 is 9.53 Å². The van der Waals surface area contributed by atoms with Crippen LogP contribution in [0.5, 0.6) is 5.75 Å². The SMILES string of the molecule is COc1ccc(NC(=O)N(C)C(C)C(=N)N)cc1. The second-order valence-corrected chi connectivity index (χ2v) is 3.90. The van der Waals surface area contributed by atoms with E-state index in [9.17, 15) is 4.79 Å². The number of hydrogen-bond acceptors (Lipinski definition) is 3. The van der Waals surface area contributed by atoms with Gasteiger partial charge < -0.3 is 20.7 Å². The first-order chi connectivity index (χ1) is 8.45. The molecule has 4 N–H and O–H groups in total. The molecule has 1 rings (SSSR count). The summed E-state index contributed by atoms with van der Waals surface area (Å²) in [5.41, 5.74) is 6.01. The van der Waals surface area contributed by atoms with Crippen molar-refractivity contribution in [2.24, 2.45) is 5.73 Å². The molecular weight excluding hydrogens is 232 g/mol. The highest BCUT2D eigenvalue weighted by Gasteiger charge is 2.17. The Bertz CT molecular complexity index is 430. The number of nitrogens with two attached hydrogens (primary N) is 1. The fraction of sp³-hybridized carbons (Fsp3) is 0.333. The van der Waals surface area contributed by atoms with Crippen molar-refractivity contribution in [2.75, 3.05) is 19.5 Å². The largest absolute Gasteiger partial charge is 0.497 e. The molecule has 0 aliphatic rings. The van der Waals surface area contributed by atoms with Gasteiger partial charge in [-0.2, -0.15) is 0 Å². The van der Waals surface area contributed by atoms with Gasteiger partial charge in [0.2, 0.25) is 0 Å². The van der Waals surface area contributed by atoms with Gasteiger partial charge in [-0.1, -0.05) is 0 Å². The fourth-order valence-electron chi connectivity index (χ4n) is 1.27. The maximum atomic E-state index is 11.8. The first kappa shape index (κ1) is 13.8. The molecule has 0 spiro atoms. The van der Waals surface area contributed by atoms with Gasteiger partial charge in [0.15, 0.2) is 0 Å². The molecule has 1 unspecified atom stereocenters. The molecular formula is C12H18N4O2. The number of nitrogens with zero attached hydrogens (tertiary/aromatic N) is 1. The Hall–Kier alpha value is -2.24. The van der Waals surface area contributed by atoms with Gasteiger partial charge in [0.05, 0.1) is 13.2 Å². The zero-order valence-electron chi connectivity index (χ0n) is 10.7. The number of methoxy groups -OCH3 is 1. The fourth-order valence-corrected chi connectivity index (χ4v) is 1.27. The molecule has 0 saturated carbocycles. The van der Waals surface area contributed by atoms with Crippen LogP contribution in [0, 0.1) is 5.41 Å². The molecule has 1 aromatic rings. The number of urea groups is 1. The van der Waals surface area contributed by atoms with E-state index in [1.165, 1.54) is 4.90 Å². The maximum absolute atomic E-state index is 11.8. The minimum absolute atomic E-state index is 0.0534. The molecule has 0 heterocycles. The Labute approximate surface area is 106 Å². The number of anilines is 1. The van der Waals surface area contributed by atoms with Crippen LogP contribution in [0.1, 0.15) is 6.92 Å². The average Bonchev–Trinajstić information content (AvgIpc) is 2.37. The topological polar surface area (TPSA) is 91.4 Å². The van der Waals surface area contributed by atoms with Gasteiger partial charge in [-0.3, -0.25) is 5.41 Å². The molecule has 18 heavy (non-hydrogen) atoms. The highest BCUT2D eigenvalue weighted by Crippen LogP contribution is 2.15. The van der Waals surface area contributed by atoms with Gasteiger partial charge in [0.1, 0.15) is 11.6 Å².